The molecule has 0 bridgehead atoms. The van der Waals surface area contributed by atoms with Crippen LogP contribution in [0.5, 0.6) is 0 Å². The molecular formula is C25H22F3N3O3. The molecule has 2 heterocycles. The number of aromatic nitrogens is 2. The van der Waals surface area contributed by atoms with Gasteiger partial charge in [0.15, 0.2) is 17.2 Å². The van der Waals surface area contributed by atoms with E-state index in [9.17, 15) is 13.2 Å². The van der Waals surface area contributed by atoms with Crippen LogP contribution < -0.4 is 5.73 Å². The highest BCUT2D eigenvalue weighted by molar-refractivity contribution is 5.79. The molecule has 9 heteroatoms. The van der Waals surface area contributed by atoms with Gasteiger partial charge in [-0.05, 0) is 36.8 Å². The molecule has 0 saturated heterocycles. The third-order valence-corrected chi connectivity index (χ3v) is 6.12. The quantitative estimate of drug-likeness (QED) is 0.411. The lowest BCUT2D eigenvalue weighted by Gasteiger charge is -2.17. The second kappa shape index (κ2) is 8.73. The lowest BCUT2D eigenvalue weighted by atomic mass is 9.86. The van der Waals surface area contributed by atoms with Gasteiger partial charge in [0, 0.05) is 22.7 Å². The average molecular weight is 469 g/mol. The van der Waals surface area contributed by atoms with E-state index in [2.05, 4.69) is 16.4 Å². The second-order valence-electron chi connectivity index (χ2n) is 8.41. The number of aliphatic hydroxyl groups is 1. The molecule has 176 valence electrons. The lowest BCUT2D eigenvalue weighted by Crippen LogP contribution is -2.24. The molecule has 4 aromatic rings. The van der Waals surface area contributed by atoms with Crippen molar-refractivity contribution in [3.05, 3.63) is 70.8 Å². The third kappa shape index (κ3) is 4.01. The van der Waals surface area contributed by atoms with Gasteiger partial charge < -0.3 is 19.9 Å². The smallest absolute Gasteiger partial charge is 0.395 e. The van der Waals surface area contributed by atoms with E-state index in [4.69, 9.17) is 19.9 Å². The molecule has 1 unspecified atom stereocenters. The Hall–Kier alpha value is -3.43. The van der Waals surface area contributed by atoms with E-state index in [1.807, 2.05) is 12.1 Å². The summed E-state index contributed by atoms with van der Waals surface area (Å²) in [5.41, 5.74) is 8.77. The molecule has 1 aliphatic carbocycles. The summed E-state index contributed by atoms with van der Waals surface area (Å²) in [7, 11) is 0. The van der Waals surface area contributed by atoms with E-state index in [0.717, 1.165) is 23.1 Å². The first-order chi connectivity index (χ1) is 16.4. The van der Waals surface area contributed by atoms with Gasteiger partial charge in [-0.3, -0.25) is 0 Å². The first-order valence-corrected chi connectivity index (χ1v) is 11.0. The van der Waals surface area contributed by atoms with Gasteiger partial charge in [0.25, 0.3) is 0 Å². The largest absolute Gasteiger partial charge is 0.422 e. The normalized spacial score (nSPS) is 14.0. The summed E-state index contributed by atoms with van der Waals surface area (Å²) in [5.74, 6) is -0.368. The van der Waals surface area contributed by atoms with E-state index in [-0.39, 0.29) is 29.7 Å². The summed E-state index contributed by atoms with van der Waals surface area (Å²) >= 11 is 0. The first-order valence-electron chi connectivity index (χ1n) is 11.0. The summed E-state index contributed by atoms with van der Waals surface area (Å²) in [5, 5.41) is 17.0. The number of hydrogen-bond acceptors (Lipinski definition) is 6. The van der Waals surface area contributed by atoms with Crippen LogP contribution in [-0.2, 0) is 25.4 Å². The minimum Gasteiger partial charge on any atom is -0.395 e. The molecule has 2 aromatic carbocycles. The molecule has 0 amide bonds. The molecule has 6 nitrogen and oxygen atoms in total. The maximum Gasteiger partial charge on any atom is 0.422 e. The number of nitrogens with zero attached hydrogens (tertiary/aromatic N) is 2. The fraction of sp³-hybridized carbons (Fsp3) is 0.280. The van der Waals surface area contributed by atoms with Crippen LogP contribution in [-0.4, -0.2) is 28.1 Å². The van der Waals surface area contributed by atoms with Crippen LogP contribution in [0.2, 0.25) is 0 Å². The highest BCUT2D eigenvalue weighted by Crippen LogP contribution is 2.46. The first kappa shape index (κ1) is 22.4. The Kier molecular flexibility index (Phi) is 5.75. The molecule has 0 radical (unpaired) electrons. The summed E-state index contributed by atoms with van der Waals surface area (Å²) in [6.07, 6.45) is -2.23. The molecule has 1 aliphatic rings. The fourth-order valence-corrected chi connectivity index (χ4v) is 4.38. The molecule has 0 saturated carbocycles. The molecule has 2 aromatic heterocycles. The number of hydrogen-bond donors (Lipinski definition) is 2. The predicted molar refractivity (Wildman–Crippen MR) is 119 cm³/mol. The molecule has 3 N–H and O–H groups in total. The van der Waals surface area contributed by atoms with E-state index in [1.165, 1.54) is 12.1 Å². The Bertz CT molecular complexity index is 1310. The summed E-state index contributed by atoms with van der Waals surface area (Å²) in [4.78, 5) is 0. The molecule has 0 aliphatic heterocycles. The van der Waals surface area contributed by atoms with Gasteiger partial charge in [0.1, 0.15) is 11.3 Å². The number of alkyl halides is 3. The van der Waals surface area contributed by atoms with Gasteiger partial charge in [0.2, 0.25) is 0 Å². The van der Waals surface area contributed by atoms with Crippen LogP contribution in [0.25, 0.3) is 34.0 Å². The molecule has 1 atom stereocenters. The van der Waals surface area contributed by atoms with Crippen molar-refractivity contribution in [3.63, 3.8) is 0 Å². The number of rotatable bonds is 6. The van der Waals surface area contributed by atoms with Crippen molar-refractivity contribution in [1.29, 1.82) is 0 Å². The Balaban J connectivity index is 1.53. The second-order valence-corrected chi connectivity index (χ2v) is 8.41. The van der Waals surface area contributed by atoms with Crippen molar-refractivity contribution < 1.29 is 27.3 Å². The Morgan fingerprint density at radius 2 is 1.71 bits per heavy atom. The number of aliphatic hydroxyl groups excluding tert-OH is 1. The third-order valence-electron chi connectivity index (χ3n) is 6.12. The fourth-order valence-electron chi connectivity index (χ4n) is 4.38. The topological polar surface area (TPSA) is 98.3 Å². The Morgan fingerprint density at radius 3 is 2.44 bits per heavy atom. The van der Waals surface area contributed by atoms with Crippen LogP contribution in [0.3, 0.4) is 0 Å². The highest BCUT2D eigenvalue weighted by Gasteiger charge is 2.43. The van der Waals surface area contributed by atoms with Gasteiger partial charge in [-0.25, -0.2) is 0 Å². The van der Waals surface area contributed by atoms with Gasteiger partial charge >= 0.3 is 6.18 Å². The Labute approximate surface area is 193 Å². The summed E-state index contributed by atoms with van der Waals surface area (Å²) in [6.45, 7) is -0.0655. The van der Waals surface area contributed by atoms with Gasteiger partial charge in [-0.1, -0.05) is 58.8 Å². The minimum atomic E-state index is -4.70. The lowest BCUT2D eigenvalue weighted by molar-refractivity contribution is -0.136. The standard InChI is InChI=1S/C25H22F3N3O3/c26-25(27,28)20-22(31-33-23(20)15-4-2-1-3-5-15)24-19-11-8-16-12-14(6-9-17(29)13-32)7-10-18(16)21(19)30-34-24/h1-5,7,10,12,17,32H,6,8-9,11,13,29H2. The van der Waals surface area contributed by atoms with Gasteiger partial charge in [-0.2, -0.15) is 13.2 Å². The number of benzene rings is 2. The van der Waals surface area contributed by atoms with Crippen LogP contribution >= 0.6 is 0 Å². The SMILES string of the molecule is NC(CO)CCc1ccc2c(c1)CCc1c-2noc1-c1noc(-c2ccccc2)c1C(F)(F)F. The average Bonchev–Trinajstić information content (AvgIpc) is 3.47. The summed E-state index contributed by atoms with van der Waals surface area (Å²) < 4.78 is 52.9. The van der Waals surface area contributed by atoms with Gasteiger partial charge in [-0.15, -0.1) is 0 Å². The van der Waals surface area contributed by atoms with E-state index in [1.54, 1.807) is 18.2 Å². The number of nitrogens with two attached hydrogens (primary N) is 1. The molecular weight excluding hydrogens is 447 g/mol. The minimum absolute atomic E-state index is 0.0168. The zero-order chi connectivity index (χ0) is 23.9. The van der Waals surface area contributed by atoms with Crippen molar-refractivity contribution in [1.82, 2.24) is 10.3 Å². The molecule has 0 fully saturated rings. The van der Waals surface area contributed by atoms with Crippen LogP contribution in [0.4, 0.5) is 13.2 Å². The number of halogens is 3. The zero-order valence-electron chi connectivity index (χ0n) is 18.1. The van der Waals surface area contributed by atoms with Crippen LogP contribution in [0, 0.1) is 0 Å². The highest BCUT2D eigenvalue weighted by atomic mass is 19.4. The van der Waals surface area contributed by atoms with E-state index >= 15 is 0 Å². The maximum atomic E-state index is 14.1. The Morgan fingerprint density at radius 1 is 0.971 bits per heavy atom. The number of aryl methyl sites for hydroxylation is 2. The maximum absolute atomic E-state index is 14.1. The number of fused-ring (bicyclic) bond motifs is 3. The van der Waals surface area contributed by atoms with Crippen molar-refractivity contribution in [2.75, 3.05) is 6.61 Å². The molecule has 0 spiro atoms. The molecule has 34 heavy (non-hydrogen) atoms. The summed E-state index contributed by atoms with van der Waals surface area (Å²) in [6, 6.07) is 13.7. The van der Waals surface area contributed by atoms with Crippen molar-refractivity contribution in [2.24, 2.45) is 5.73 Å². The van der Waals surface area contributed by atoms with Crippen molar-refractivity contribution in [3.8, 4) is 34.0 Å². The van der Waals surface area contributed by atoms with E-state index < -0.39 is 17.4 Å². The van der Waals surface area contributed by atoms with E-state index in [0.29, 0.717) is 30.5 Å². The van der Waals surface area contributed by atoms with Crippen molar-refractivity contribution in [2.45, 2.75) is 37.9 Å². The van der Waals surface area contributed by atoms with Crippen LogP contribution in [0.15, 0.2) is 57.6 Å². The molecule has 5 rings (SSSR count). The predicted octanol–water partition coefficient (Wildman–Crippen LogP) is 5.03. The monoisotopic (exact) mass is 469 g/mol. The van der Waals surface area contributed by atoms with Gasteiger partial charge in [0.05, 0.1) is 6.61 Å². The zero-order valence-corrected chi connectivity index (χ0v) is 18.1. The van der Waals surface area contributed by atoms with Crippen molar-refractivity contribution >= 4 is 0 Å². The van der Waals surface area contributed by atoms with Crippen LogP contribution in [0.1, 0.15) is 28.7 Å².